The summed E-state index contributed by atoms with van der Waals surface area (Å²) in [6, 6.07) is 5.77. The van der Waals surface area contributed by atoms with Crippen LogP contribution in [0.1, 0.15) is 33.1 Å². The van der Waals surface area contributed by atoms with Gasteiger partial charge in [-0.05, 0) is 63.0 Å². The Hall–Kier alpha value is -1.89. The maximum absolute atomic E-state index is 11.5. The van der Waals surface area contributed by atoms with E-state index in [4.69, 9.17) is 9.47 Å². The van der Waals surface area contributed by atoms with Crippen molar-refractivity contribution in [1.29, 1.82) is 0 Å². The lowest BCUT2D eigenvalue weighted by molar-refractivity contribution is -0.118. The van der Waals surface area contributed by atoms with Gasteiger partial charge in [-0.3, -0.25) is 9.69 Å². The second-order valence-corrected chi connectivity index (χ2v) is 9.02. The minimum atomic E-state index is -0.278. The van der Waals surface area contributed by atoms with Gasteiger partial charge in [-0.25, -0.2) is 4.79 Å². The highest BCUT2D eigenvalue weighted by Gasteiger charge is 2.24. The van der Waals surface area contributed by atoms with Crippen molar-refractivity contribution in [3.8, 4) is 5.75 Å². The van der Waals surface area contributed by atoms with Gasteiger partial charge in [0, 0.05) is 37.4 Å². The normalized spacial score (nSPS) is 20.4. The van der Waals surface area contributed by atoms with Crippen molar-refractivity contribution >= 4 is 32.2 Å². The summed E-state index contributed by atoms with van der Waals surface area (Å²) in [5.41, 5.74) is 0.854. The van der Waals surface area contributed by atoms with Crippen molar-refractivity contribution in [2.45, 2.75) is 33.1 Å². The van der Waals surface area contributed by atoms with Gasteiger partial charge in [-0.2, -0.15) is 0 Å². The number of piperidine rings is 1. The molecule has 3 aliphatic heterocycles. The number of carbonyl (C=O) groups is 2. The van der Waals surface area contributed by atoms with Crippen molar-refractivity contribution in [2.75, 3.05) is 57.9 Å². The summed E-state index contributed by atoms with van der Waals surface area (Å²) in [4.78, 5) is 22.9. The Balaban J connectivity index is 0.000000249. The lowest BCUT2D eigenvalue weighted by Gasteiger charge is -2.17. The van der Waals surface area contributed by atoms with Gasteiger partial charge in [-0.1, -0.05) is 6.92 Å². The van der Waals surface area contributed by atoms with Gasteiger partial charge in [0.2, 0.25) is 5.91 Å². The first-order valence-corrected chi connectivity index (χ1v) is 12.0. The smallest absolute Gasteiger partial charge is 0.414 e. The Bertz CT molecular complexity index is 722. The number of amides is 2. The molecule has 2 amide bonds. The largest absolute Gasteiger partial charge is 0.493 e. The zero-order chi connectivity index (χ0) is 23.3. The first-order valence-electron chi connectivity index (χ1n) is 11.5. The van der Waals surface area contributed by atoms with Crippen molar-refractivity contribution in [2.24, 2.45) is 11.8 Å². The van der Waals surface area contributed by atoms with Gasteiger partial charge in [0.05, 0.1) is 13.2 Å². The molecule has 0 bridgehead atoms. The molecule has 1 aromatic carbocycles. The Morgan fingerprint density at radius 3 is 2.41 bits per heavy atom. The summed E-state index contributed by atoms with van der Waals surface area (Å²) in [5, 5.41) is 10.0. The summed E-state index contributed by atoms with van der Waals surface area (Å²) in [6.07, 6.45) is 3.64. The van der Waals surface area contributed by atoms with Crippen molar-refractivity contribution < 1.29 is 19.1 Å². The standard InChI is InChI=1S/C14H19N2O3P.C6H13N.C3H7NO/c17-14-16(5-6-18-14)11-1-2-12(13(20)7-11)19-9-10-3-4-15-8-10;1-6-2-4-7-5-3-6;1-3(5)4-2/h1-2,7,10,15H,3-6,8-9,20H2;6-7H,2-5H2,1H3;1-2H3,(H,4,5). The van der Waals surface area contributed by atoms with Gasteiger partial charge in [0.1, 0.15) is 12.4 Å². The highest BCUT2D eigenvalue weighted by molar-refractivity contribution is 7.27. The number of rotatable bonds is 4. The minimum Gasteiger partial charge on any atom is -0.493 e. The molecule has 3 fully saturated rings. The number of benzene rings is 1. The van der Waals surface area contributed by atoms with E-state index >= 15 is 0 Å². The van der Waals surface area contributed by atoms with Crippen LogP contribution in [0.15, 0.2) is 18.2 Å². The molecule has 8 nitrogen and oxygen atoms in total. The van der Waals surface area contributed by atoms with E-state index in [1.165, 1.54) is 39.3 Å². The van der Waals surface area contributed by atoms with E-state index in [-0.39, 0.29) is 12.0 Å². The summed E-state index contributed by atoms with van der Waals surface area (Å²) >= 11 is 0. The predicted octanol–water partition coefficient (Wildman–Crippen LogP) is 1.89. The van der Waals surface area contributed by atoms with E-state index in [1.807, 2.05) is 18.2 Å². The Morgan fingerprint density at radius 1 is 1.25 bits per heavy atom. The minimum absolute atomic E-state index is 0.00463. The molecule has 0 saturated carbocycles. The monoisotopic (exact) mass is 466 g/mol. The van der Waals surface area contributed by atoms with Crippen LogP contribution in [-0.4, -0.2) is 65.0 Å². The van der Waals surface area contributed by atoms with Crippen LogP contribution in [0.3, 0.4) is 0 Å². The quantitative estimate of drug-likeness (QED) is 0.587. The van der Waals surface area contributed by atoms with E-state index < -0.39 is 0 Å². The first-order chi connectivity index (χ1) is 15.4. The van der Waals surface area contributed by atoms with Crippen LogP contribution in [0.25, 0.3) is 0 Å². The third-order valence-corrected chi connectivity index (χ3v) is 6.13. The topological polar surface area (TPSA) is 91.9 Å². The number of cyclic esters (lactones) is 1. The number of carbonyl (C=O) groups excluding carboxylic acids is 2. The van der Waals surface area contributed by atoms with Crippen LogP contribution >= 0.6 is 9.24 Å². The third-order valence-electron chi connectivity index (χ3n) is 5.68. The molecule has 3 aliphatic rings. The van der Waals surface area contributed by atoms with E-state index in [2.05, 4.69) is 32.1 Å². The molecule has 9 heteroatoms. The van der Waals surface area contributed by atoms with Crippen LogP contribution < -0.4 is 30.9 Å². The van der Waals surface area contributed by atoms with Crippen LogP contribution in [0.2, 0.25) is 0 Å². The summed E-state index contributed by atoms with van der Waals surface area (Å²) in [6.45, 7) is 10.2. The molecule has 2 atom stereocenters. The molecular weight excluding hydrogens is 427 g/mol. The second kappa shape index (κ2) is 14.3. The highest BCUT2D eigenvalue weighted by atomic mass is 31.0. The van der Waals surface area contributed by atoms with Crippen LogP contribution in [-0.2, 0) is 9.53 Å². The molecule has 0 aromatic heterocycles. The predicted molar refractivity (Wildman–Crippen MR) is 132 cm³/mol. The number of nitrogens with one attached hydrogen (secondary N) is 3. The fourth-order valence-corrected chi connectivity index (χ4v) is 3.84. The maximum atomic E-state index is 11.5. The van der Waals surface area contributed by atoms with E-state index in [1.54, 1.807) is 11.9 Å². The van der Waals surface area contributed by atoms with Gasteiger partial charge in [-0.15, -0.1) is 9.24 Å². The zero-order valence-corrected chi connectivity index (χ0v) is 20.8. The average Bonchev–Trinajstić information content (AvgIpc) is 3.46. The number of nitrogens with zero attached hydrogens (tertiary/aromatic N) is 1. The number of hydrogen-bond acceptors (Lipinski definition) is 6. The molecule has 3 saturated heterocycles. The number of anilines is 1. The summed E-state index contributed by atoms with van der Waals surface area (Å²) < 4.78 is 10.8. The van der Waals surface area contributed by atoms with Crippen molar-refractivity contribution in [3.05, 3.63) is 18.2 Å². The molecule has 3 N–H and O–H groups in total. The average molecular weight is 467 g/mol. The highest BCUT2D eigenvalue weighted by Crippen LogP contribution is 2.23. The number of ether oxygens (including phenoxy) is 2. The number of hydrogen-bond donors (Lipinski definition) is 3. The lowest BCUT2D eigenvalue weighted by Crippen LogP contribution is -2.26. The van der Waals surface area contributed by atoms with E-state index in [0.29, 0.717) is 19.1 Å². The van der Waals surface area contributed by atoms with Crippen molar-refractivity contribution in [3.63, 3.8) is 0 Å². The van der Waals surface area contributed by atoms with Gasteiger partial charge < -0.3 is 25.4 Å². The fraction of sp³-hybridized carbons (Fsp3) is 0.652. The molecular formula is C23H39N4O4P. The van der Waals surface area contributed by atoms with Crippen LogP contribution in [0, 0.1) is 11.8 Å². The molecule has 3 heterocycles. The van der Waals surface area contributed by atoms with E-state index in [9.17, 15) is 9.59 Å². The van der Waals surface area contributed by atoms with Crippen LogP contribution in [0.4, 0.5) is 10.5 Å². The first kappa shape index (κ1) is 26.4. The molecule has 180 valence electrons. The Kier molecular flexibility index (Phi) is 11.8. The molecule has 0 radical (unpaired) electrons. The summed E-state index contributed by atoms with van der Waals surface area (Å²) in [7, 11) is 4.27. The van der Waals surface area contributed by atoms with Crippen LogP contribution in [0.5, 0.6) is 5.75 Å². The molecule has 0 spiro atoms. The van der Waals surface area contributed by atoms with E-state index in [0.717, 1.165) is 42.4 Å². The molecule has 2 unspecified atom stereocenters. The van der Waals surface area contributed by atoms with Gasteiger partial charge in [0.15, 0.2) is 0 Å². The maximum Gasteiger partial charge on any atom is 0.414 e. The summed E-state index contributed by atoms with van der Waals surface area (Å²) in [5.74, 6) is 2.43. The second-order valence-electron chi connectivity index (χ2n) is 8.40. The molecule has 4 rings (SSSR count). The SMILES string of the molecule is CC1CCNCC1.CNC(C)=O.O=C1OCCN1c1ccc(OCC2CCNC2)c(P)c1. The zero-order valence-electron chi connectivity index (χ0n) is 19.6. The molecule has 0 aliphatic carbocycles. The molecule has 1 aromatic rings. The van der Waals surface area contributed by atoms with Gasteiger partial charge >= 0.3 is 6.09 Å². The Morgan fingerprint density at radius 2 is 1.94 bits per heavy atom. The fourth-order valence-electron chi connectivity index (χ4n) is 3.49. The Labute approximate surface area is 194 Å². The molecule has 32 heavy (non-hydrogen) atoms. The van der Waals surface area contributed by atoms with Crippen molar-refractivity contribution in [1.82, 2.24) is 16.0 Å². The van der Waals surface area contributed by atoms with Gasteiger partial charge in [0.25, 0.3) is 0 Å². The third kappa shape index (κ3) is 9.31. The lowest BCUT2D eigenvalue weighted by atomic mass is 10.0.